The number of para-hydroxylation sites is 1. The molecular formula is C18H28N2O3. The molecule has 1 saturated carbocycles. The van der Waals surface area contributed by atoms with Crippen molar-refractivity contribution in [3.05, 3.63) is 29.8 Å². The molecule has 1 unspecified atom stereocenters. The van der Waals surface area contributed by atoms with Crippen LogP contribution < -0.4 is 10.6 Å². The van der Waals surface area contributed by atoms with Crippen molar-refractivity contribution >= 4 is 11.6 Å². The molecule has 1 aliphatic carbocycles. The Hall–Kier alpha value is -1.59. The van der Waals surface area contributed by atoms with Crippen molar-refractivity contribution in [1.29, 1.82) is 0 Å². The molecule has 23 heavy (non-hydrogen) atoms. The van der Waals surface area contributed by atoms with Gasteiger partial charge in [-0.15, -0.1) is 0 Å². The lowest BCUT2D eigenvalue weighted by Gasteiger charge is -2.22. The lowest BCUT2D eigenvalue weighted by molar-refractivity contribution is 0.0930. The monoisotopic (exact) mass is 320 g/mol. The van der Waals surface area contributed by atoms with E-state index in [9.17, 15) is 9.90 Å². The summed E-state index contributed by atoms with van der Waals surface area (Å²) in [5.74, 6) is -0.0721. The molecule has 0 aliphatic heterocycles. The SMILES string of the molecule is O=C(NC1CCCCCCC1)c1ccccc1NCC(O)CO. The Balaban J connectivity index is 1.97. The fraction of sp³-hybridized carbons (Fsp3) is 0.611. The second-order valence-corrected chi connectivity index (χ2v) is 6.28. The van der Waals surface area contributed by atoms with Gasteiger partial charge in [0.25, 0.3) is 5.91 Å². The fourth-order valence-corrected chi connectivity index (χ4v) is 2.99. The predicted octanol–water partition coefficient (Wildman–Crippen LogP) is 2.29. The van der Waals surface area contributed by atoms with Gasteiger partial charge in [-0.1, -0.05) is 44.2 Å². The fourth-order valence-electron chi connectivity index (χ4n) is 2.99. The molecule has 0 saturated heterocycles. The summed E-state index contributed by atoms with van der Waals surface area (Å²) in [6, 6.07) is 7.53. The molecular weight excluding hydrogens is 292 g/mol. The molecule has 0 spiro atoms. The van der Waals surface area contributed by atoms with Crippen LogP contribution in [0.3, 0.4) is 0 Å². The summed E-state index contributed by atoms with van der Waals surface area (Å²) in [5, 5.41) is 24.5. The van der Waals surface area contributed by atoms with Gasteiger partial charge in [0, 0.05) is 18.3 Å². The Kier molecular flexibility index (Phi) is 7.36. The molecule has 5 heteroatoms. The van der Waals surface area contributed by atoms with Crippen LogP contribution in [0.2, 0.25) is 0 Å². The lowest BCUT2D eigenvalue weighted by Crippen LogP contribution is -2.35. The third-order valence-corrected chi connectivity index (χ3v) is 4.35. The highest BCUT2D eigenvalue weighted by atomic mass is 16.3. The normalized spacial score (nSPS) is 17.8. The Morgan fingerprint density at radius 1 is 1.13 bits per heavy atom. The third-order valence-electron chi connectivity index (χ3n) is 4.35. The molecule has 1 amide bonds. The molecule has 1 fully saturated rings. The highest BCUT2D eigenvalue weighted by molar-refractivity contribution is 5.99. The third kappa shape index (κ3) is 5.84. The first-order valence-electron chi connectivity index (χ1n) is 8.63. The van der Waals surface area contributed by atoms with E-state index in [1.807, 2.05) is 18.2 Å². The number of rotatable bonds is 6. The largest absolute Gasteiger partial charge is 0.394 e. The maximum atomic E-state index is 12.6. The zero-order valence-electron chi connectivity index (χ0n) is 13.6. The number of hydrogen-bond acceptors (Lipinski definition) is 4. The minimum atomic E-state index is -0.836. The van der Waals surface area contributed by atoms with Crippen molar-refractivity contribution in [1.82, 2.24) is 5.32 Å². The zero-order valence-corrected chi connectivity index (χ0v) is 13.6. The highest BCUT2D eigenvalue weighted by Gasteiger charge is 2.17. The average Bonchev–Trinajstić information content (AvgIpc) is 2.55. The van der Waals surface area contributed by atoms with E-state index in [1.165, 1.54) is 32.1 Å². The van der Waals surface area contributed by atoms with Gasteiger partial charge >= 0.3 is 0 Å². The second-order valence-electron chi connectivity index (χ2n) is 6.28. The van der Waals surface area contributed by atoms with Crippen LogP contribution in [0.25, 0.3) is 0 Å². The van der Waals surface area contributed by atoms with Crippen molar-refractivity contribution in [2.24, 2.45) is 0 Å². The predicted molar refractivity (Wildman–Crippen MR) is 91.6 cm³/mol. The molecule has 0 heterocycles. The Bertz CT molecular complexity index is 485. The van der Waals surface area contributed by atoms with Gasteiger partial charge in [0.15, 0.2) is 0 Å². The number of amides is 1. The number of benzene rings is 1. The first-order chi connectivity index (χ1) is 11.2. The van der Waals surface area contributed by atoms with Crippen LogP contribution in [0.4, 0.5) is 5.69 Å². The number of aliphatic hydroxyl groups is 2. The number of carbonyl (C=O) groups is 1. The minimum absolute atomic E-state index is 0.0721. The number of carbonyl (C=O) groups excluding carboxylic acids is 1. The topological polar surface area (TPSA) is 81.6 Å². The van der Waals surface area contributed by atoms with E-state index in [0.717, 1.165) is 12.8 Å². The van der Waals surface area contributed by atoms with Crippen LogP contribution in [0.15, 0.2) is 24.3 Å². The van der Waals surface area contributed by atoms with Crippen molar-refractivity contribution < 1.29 is 15.0 Å². The van der Waals surface area contributed by atoms with Crippen LogP contribution in [-0.2, 0) is 0 Å². The summed E-state index contributed by atoms with van der Waals surface area (Å²) in [7, 11) is 0. The first kappa shape index (κ1) is 17.8. The van der Waals surface area contributed by atoms with Crippen molar-refractivity contribution in [3.63, 3.8) is 0 Å². The van der Waals surface area contributed by atoms with E-state index in [-0.39, 0.29) is 25.1 Å². The minimum Gasteiger partial charge on any atom is -0.394 e. The van der Waals surface area contributed by atoms with E-state index >= 15 is 0 Å². The van der Waals surface area contributed by atoms with Gasteiger partial charge in [-0.3, -0.25) is 4.79 Å². The second kappa shape index (κ2) is 9.53. The van der Waals surface area contributed by atoms with Gasteiger partial charge in [-0.25, -0.2) is 0 Å². The molecule has 0 bridgehead atoms. The number of hydrogen-bond donors (Lipinski definition) is 4. The Labute approximate surface area is 138 Å². The lowest BCUT2D eigenvalue weighted by atomic mass is 9.96. The molecule has 1 atom stereocenters. The van der Waals surface area contributed by atoms with E-state index in [2.05, 4.69) is 10.6 Å². The summed E-state index contributed by atoms with van der Waals surface area (Å²) in [6.07, 6.45) is 7.42. The van der Waals surface area contributed by atoms with Crippen LogP contribution in [0.1, 0.15) is 55.3 Å². The molecule has 0 aromatic heterocycles. The quantitative estimate of drug-likeness (QED) is 0.648. The zero-order chi connectivity index (χ0) is 16.5. The van der Waals surface area contributed by atoms with Gasteiger partial charge in [0.05, 0.1) is 18.3 Å². The number of anilines is 1. The summed E-state index contributed by atoms with van der Waals surface area (Å²) >= 11 is 0. The van der Waals surface area contributed by atoms with Crippen LogP contribution >= 0.6 is 0 Å². The molecule has 1 aromatic carbocycles. The highest BCUT2D eigenvalue weighted by Crippen LogP contribution is 2.19. The van der Waals surface area contributed by atoms with Crippen molar-refractivity contribution in [2.75, 3.05) is 18.5 Å². The maximum Gasteiger partial charge on any atom is 0.253 e. The number of aliphatic hydroxyl groups excluding tert-OH is 2. The molecule has 1 aromatic rings. The molecule has 0 radical (unpaired) electrons. The van der Waals surface area contributed by atoms with Crippen molar-refractivity contribution in [2.45, 2.75) is 57.1 Å². The van der Waals surface area contributed by atoms with E-state index in [4.69, 9.17) is 5.11 Å². The van der Waals surface area contributed by atoms with Gasteiger partial charge in [0.1, 0.15) is 0 Å². The van der Waals surface area contributed by atoms with Crippen LogP contribution in [0.5, 0.6) is 0 Å². The standard InChI is InChI=1S/C18H28N2O3/c21-13-15(22)12-19-17-11-7-6-10-16(17)18(23)20-14-8-4-2-1-3-5-9-14/h6-7,10-11,14-15,19,21-22H,1-5,8-9,12-13H2,(H,20,23). The summed E-state index contributed by atoms with van der Waals surface area (Å²) in [5.41, 5.74) is 1.27. The summed E-state index contributed by atoms with van der Waals surface area (Å²) in [6.45, 7) is -0.0896. The maximum absolute atomic E-state index is 12.6. The van der Waals surface area contributed by atoms with Gasteiger partial charge in [0.2, 0.25) is 0 Å². The van der Waals surface area contributed by atoms with Crippen LogP contribution in [-0.4, -0.2) is 41.4 Å². The molecule has 2 rings (SSSR count). The van der Waals surface area contributed by atoms with Crippen molar-refractivity contribution in [3.8, 4) is 0 Å². The Morgan fingerprint density at radius 2 is 1.78 bits per heavy atom. The Morgan fingerprint density at radius 3 is 2.48 bits per heavy atom. The van der Waals surface area contributed by atoms with Gasteiger partial charge in [-0.2, -0.15) is 0 Å². The number of nitrogens with one attached hydrogen (secondary N) is 2. The molecule has 1 aliphatic rings. The molecule has 5 nitrogen and oxygen atoms in total. The van der Waals surface area contributed by atoms with E-state index in [1.54, 1.807) is 6.07 Å². The molecule has 4 N–H and O–H groups in total. The van der Waals surface area contributed by atoms with Crippen LogP contribution in [0, 0.1) is 0 Å². The van der Waals surface area contributed by atoms with Gasteiger partial charge in [-0.05, 0) is 25.0 Å². The summed E-state index contributed by atoms with van der Waals surface area (Å²) in [4.78, 5) is 12.6. The van der Waals surface area contributed by atoms with E-state index in [0.29, 0.717) is 11.3 Å². The molecule has 128 valence electrons. The summed E-state index contributed by atoms with van der Waals surface area (Å²) < 4.78 is 0. The van der Waals surface area contributed by atoms with Gasteiger partial charge < -0.3 is 20.8 Å². The van der Waals surface area contributed by atoms with E-state index < -0.39 is 6.10 Å². The average molecular weight is 320 g/mol. The smallest absolute Gasteiger partial charge is 0.253 e. The first-order valence-corrected chi connectivity index (χ1v) is 8.63.